The number of methoxy groups -OCH3 is 1. The highest BCUT2D eigenvalue weighted by Gasteiger charge is 2.22. The Hall–Kier alpha value is -3.37. The Kier molecular flexibility index (Phi) is 8.42. The monoisotopic (exact) mass is 518 g/mol. The molecule has 0 radical (unpaired) electrons. The number of carbonyl (C=O) groups excluding carboxylic acids is 1. The largest absolute Gasteiger partial charge is 0.383 e. The minimum Gasteiger partial charge on any atom is -0.383 e. The van der Waals surface area contributed by atoms with Gasteiger partial charge in [0.1, 0.15) is 5.56 Å². The number of rotatable bonds is 9. The van der Waals surface area contributed by atoms with Crippen LogP contribution in [0.25, 0.3) is 11.1 Å². The summed E-state index contributed by atoms with van der Waals surface area (Å²) in [6, 6.07) is 11.3. The van der Waals surface area contributed by atoms with Crippen molar-refractivity contribution in [3.63, 3.8) is 0 Å². The van der Waals surface area contributed by atoms with Crippen LogP contribution in [0, 0.1) is 6.92 Å². The Labute approximate surface area is 208 Å². The fourth-order valence-electron chi connectivity index (χ4n) is 3.97. The molecule has 3 aromatic rings. The van der Waals surface area contributed by atoms with Crippen LogP contribution in [-0.4, -0.2) is 38.9 Å². The SMILES string of the molecule is COC[C@H](C)n1cc(C(=O)NCc2ccc(S(C)(=O)=O)cc2)c(=O)c(-c2cccc(C(F)F)c2)c1C. The lowest BCUT2D eigenvalue weighted by Crippen LogP contribution is -2.31. The van der Waals surface area contributed by atoms with Gasteiger partial charge in [-0.05, 0) is 43.2 Å². The first-order chi connectivity index (χ1) is 16.9. The van der Waals surface area contributed by atoms with E-state index in [2.05, 4.69) is 5.32 Å². The van der Waals surface area contributed by atoms with Gasteiger partial charge in [0, 0.05) is 42.9 Å². The maximum absolute atomic E-state index is 13.5. The molecule has 0 fully saturated rings. The van der Waals surface area contributed by atoms with Crippen LogP contribution in [0.3, 0.4) is 0 Å². The zero-order chi connectivity index (χ0) is 26.6. The van der Waals surface area contributed by atoms with Crippen molar-refractivity contribution in [2.24, 2.45) is 0 Å². The highest BCUT2D eigenvalue weighted by Crippen LogP contribution is 2.27. The summed E-state index contributed by atoms with van der Waals surface area (Å²) in [7, 11) is -1.82. The number of aromatic nitrogens is 1. The number of amides is 1. The van der Waals surface area contributed by atoms with Gasteiger partial charge in [-0.25, -0.2) is 17.2 Å². The Morgan fingerprint density at radius 3 is 2.39 bits per heavy atom. The fourth-order valence-corrected chi connectivity index (χ4v) is 4.60. The molecule has 7 nitrogen and oxygen atoms in total. The van der Waals surface area contributed by atoms with Crippen LogP contribution in [0.15, 0.2) is 64.4 Å². The van der Waals surface area contributed by atoms with Crippen LogP contribution in [-0.2, 0) is 21.1 Å². The van der Waals surface area contributed by atoms with E-state index in [1.165, 1.54) is 43.6 Å². The zero-order valence-electron chi connectivity index (χ0n) is 20.4. The van der Waals surface area contributed by atoms with Gasteiger partial charge in [0.25, 0.3) is 12.3 Å². The summed E-state index contributed by atoms with van der Waals surface area (Å²) in [6.45, 7) is 3.91. The van der Waals surface area contributed by atoms with Crippen LogP contribution in [0.5, 0.6) is 0 Å². The quantitative estimate of drug-likeness (QED) is 0.456. The number of benzene rings is 2. The molecule has 1 amide bonds. The first kappa shape index (κ1) is 27.2. The van der Waals surface area contributed by atoms with Gasteiger partial charge in [-0.1, -0.05) is 30.3 Å². The molecule has 2 aromatic carbocycles. The standard InChI is InChI=1S/C26H28F2N2O5S/c1-16(15-35-3)30-14-22(26(32)29-13-18-8-10-21(11-9-18)36(4,33)34)24(31)23(17(30)2)19-6-5-7-20(12-19)25(27)28/h5-12,14,16,25H,13,15H2,1-4H3,(H,29,32)/t16-/m0/s1. The number of nitrogens with zero attached hydrogens (tertiary/aromatic N) is 1. The van der Waals surface area contributed by atoms with Gasteiger partial charge in [0.05, 0.1) is 17.5 Å². The molecule has 1 atom stereocenters. The van der Waals surface area contributed by atoms with E-state index < -0.39 is 27.6 Å². The summed E-state index contributed by atoms with van der Waals surface area (Å²) in [5.74, 6) is -0.642. The normalized spacial score (nSPS) is 12.5. The number of carbonyl (C=O) groups is 1. The van der Waals surface area contributed by atoms with Crippen LogP contribution in [0.2, 0.25) is 0 Å². The van der Waals surface area contributed by atoms with Crippen molar-refractivity contribution in [3.05, 3.63) is 87.3 Å². The molecule has 10 heteroatoms. The molecule has 0 spiro atoms. The van der Waals surface area contributed by atoms with Crippen LogP contribution in [0.4, 0.5) is 8.78 Å². The molecule has 3 rings (SSSR count). The van der Waals surface area contributed by atoms with E-state index in [4.69, 9.17) is 4.74 Å². The molecule has 0 saturated carbocycles. The molecule has 0 bridgehead atoms. The maximum atomic E-state index is 13.5. The second kappa shape index (κ2) is 11.1. The van der Waals surface area contributed by atoms with E-state index in [1.54, 1.807) is 29.7 Å². The Morgan fingerprint density at radius 2 is 1.81 bits per heavy atom. The minimum absolute atomic E-state index is 0.0556. The molecule has 0 unspecified atom stereocenters. The average Bonchev–Trinajstić information content (AvgIpc) is 2.82. The van der Waals surface area contributed by atoms with E-state index in [1.807, 2.05) is 6.92 Å². The van der Waals surface area contributed by atoms with Crippen molar-refractivity contribution >= 4 is 15.7 Å². The summed E-state index contributed by atoms with van der Waals surface area (Å²) in [4.78, 5) is 26.7. The number of alkyl halides is 2. The minimum atomic E-state index is -3.35. The Morgan fingerprint density at radius 1 is 1.14 bits per heavy atom. The van der Waals surface area contributed by atoms with Crippen molar-refractivity contribution in [2.45, 2.75) is 37.8 Å². The van der Waals surface area contributed by atoms with Gasteiger partial charge < -0.3 is 14.6 Å². The van der Waals surface area contributed by atoms with Crippen molar-refractivity contribution in [1.82, 2.24) is 9.88 Å². The van der Waals surface area contributed by atoms with Crippen LogP contribution >= 0.6 is 0 Å². The van der Waals surface area contributed by atoms with E-state index in [0.29, 0.717) is 23.4 Å². The van der Waals surface area contributed by atoms with Gasteiger partial charge in [0.2, 0.25) is 5.43 Å². The molecule has 36 heavy (non-hydrogen) atoms. The second-order valence-corrected chi connectivity index (χ2v) is 10.6. The summed E-state index contributed by atoms with van der Waals surface area (Å²) in [5.41, 5.74) is 0.656. The van der Waals surface area contributed by atoms with Gasteiger partial charge in [-0.2, -0.15) is 0 Å². The first-order valence-corrected chi connectivity index (χ1v) is 13.0. The molecule has 0 aliphatic carbocycles. The third kappa shape index (κ3) is 6.06. The lowest BCUT2D eigenvalue weighted by molar-refractivity contribution is 0.0948. The van der Waals surface area contributed by atoms with E-state index in [-0.39, 0.29) is 34.2 Å². The number of hydrogen-bond acceptors (Lipinski definition) is 5. The number of ether oxygens (including phenoxy) is 1. The smallest absolute Gasteiger partial charge is 0.263 e. The number of hydrogen-bond donors (Lipinski definition) is 1. The predicted octanol–water partition coefficient (Wildman–Crippen LogP) is 4.30. The predicted molar refractivity (Wildman–Crippen MR) is 133 cm³/mol. The molecule has 1 heterocycles. The molecular weight excluding hydrogens is 490 g/mol. The topological polar surface area (TPSA) is 94.5 Å². The van der Waals surface area contributed by atoms with Crippen molar-refractivity contribution in [2.75, 3.05) is 20.0 Å². The Balaban J connectivity index is 2.02. The number of halogens is 2. The molecule has 0 aliphatic rings. The number of nitrogens with one attached hydrogen (secondary N) is 1. The van der Waals surface area contributed by atoms with E-state index in [0.717, 1.165) is 6.26 Å². The van der Waals surface area contributed by atoms with Gasteiger partial charge in [-0.15, -0.1) is 0 Å². The summed E-state index contributed by atoms with van der Waals surface area (Å²) in [6.07, 6.45) is -0.157. The first-order valence-electron chi connectivity index (χ1n) is 11.1. The third-order valence-corrected chi connectivity index (χ3v) is 6.98. The third-order valence-electron chi connectivity index (χ3n) is 5.85. The molecule has 1 N–H and O–H groups in total. The average molecular weight is 519 g/mol. The zero-order valence-corrected chi connectivity index (χ0v) is 21.2. The van der Waals surface area contributed by atoms with E-state index in [9.17, 15) is 26.8 Å². The number of sulfone groups is 1. The van der Waals surface area contributed by atoms with Crippen molar-refractivity contribution in [3.8, 4) is 11.1 Å². The summed E-state index contributed by atoms with van der Waals surface area (Å²) < 4.78 is 56.9. The second-order valence-electron chi connectivity index (χ2n) is 8.57. The number of pyridine rings is 1. The van der Waals surface area contributed by atoms with Gasteiger partial charge in [0.15, 0.2) is 9.84 Å². The van der Waals surface area contributed by atoms with Gasteiger partial charge >= 0.3 is 0 Å². The summed E-state index contributed by atoms with van der Waals surface area (Å²) in [5, 5.41) is 2.69. The lowest BCUT2D eigenvalue weighted by atomic mass is 9.98. The maximum Gasteiger partial charge on any atom is 0.263 e. The van der Waals surface area contributed by atoms with E-state index >= 15 is 0 Å². The molecular formula is C26H28F2N2O5S. The highest BCUT2D eigenvalue weighted by atomic mass is 32.2. The Bertz CT molecular complexity index is 1420. The summed E-state index contributed by atoms with van der Waals surface area (Å²) >= 11 is 0. The fraction of sp³-hybridized carbons (Fsp3) is 0.308. The highest BCUT2D eigenvalue weighted by molar-refractivity contribution is 7.90. The molecule has 0 aliphatic heterocycles. The molecule has 192 valence electrons. The molecule has 1 aromatic heterocycles. The van der Waals surface area contributed by atoms with Crippen molar-refractivity contribution < 1.29 is 26.7 Å². The van der Waals surface area contributed by atoms with Crippen molar-refractivity contribution in [1.29, 1.82) is 0 Å². The lowest BCUT2D eigenvalue weighted by Gasteiger charge is -2.22. The van der Waals surface area contributed by atoms with Crippen LogP contribution in [0.1, 0.15) is 46.6 Å². The van der Waals surface area contributed by atoms with Crippen LogP contribution < -0.4 is 10.7 Å². The van der Waals surface area contributed by atoms with Gasteiger partial charge in [-0.3, -0.25) is 9.59 Å². The molecule has 0 saturated heterocycles.